The number of fused-ring (bicyclic) bond motifs is 3. The number of amides is 1. The van der Waals surface area contributed by atoms with Crippen molar-refractivity contribution in [2.75, 3.05) is 11.4 Å². The van der Waals surface area contributed by atoms with Crippen LogP contribution in [0.25, 0.3) is 10.8 Å². The van der Waals surface area contributed by atoms with Crippen molar-refractivity contribution in [3.05, 3.63) is 76.0 Å². The van der Waals surface area contributed by atoms with Crippen LogP contribution in [0.4, 0.5) is 10.1 Å². The van der Waals surface area contributed by atoms with E-state index in [4.69, 9.17) is 0 Å². The lowest BCUT2D eigenvalue weighted by Crippen LogP contribution is -2.37. The fourth-order valence-corrected chi connectivity index (χ4v) is 4.30. The molecule has 3 aromatic rings. The third-order valence-corrected chi connectivity index (χ3v) is 5.54. The number of hydrogen-bond acceptors (Lipinski definition) is 1. The van der Waals surface area contributed by atoms with Crippen molar-refractivity contribution in [2.24, 2.45) is 0 Å². The normalized spacial score (nSPS) is 16.8. The Kier molecular flexibility index (Phi) is 4.53. The van der Waals surface area contributed by atoms with E-state index in [0.717, 1.165) is 32.9 Å². The molecule has 1 atom stereocenters. The molecule has 26 heavy (non-hydrogen) atoms. The average Bonchev–Trinajstić information content (AvgIpc) is 2.65. The number of nitrogens with zero attached hydrogens (tertiary/aromatic N) is 1. The van der Waals surface area contributed by atoms with Crippen LogP contribution >= 0.6 is 15.9 Å². The standard InChI is InChI=1S/C22H19BrFNO/c1-2-11-25-20-10-7-14-5-3-4-6-16(14)22(20)18(13-21(25)26)17-12-15(23)8-9-19(17)24/h3-10,12,18H,2,11,13H2,1H3. The molecule has 0 saturated heterocycles. The van der Waals surface area contributed by atoms with Crippen molar-refractivity contribution in [1.82, 2.24) is 0 Å². The summed E-state index contributed by atoms with van der Waals surface area (Å²) in [5.41, 5.74) is 2.53. The largest absolute Gasteiger partial charge is 0.312 e. The van der Waals surface area contributed by atoms with Gasteiger partial charge in [-0.1, -0.05) is 53.2 Å². The molecule has 1 unspecified atom stereocenters. The molecule has 1 heterocycles. The lowest BCUT2D eigenvalue weighted by molar-refractivity contribution is -0.119. The first kappa shape index (κ1) is 17.2. The van der Waals surface area contributed by atoms with Crippen LogP contribution in [-0.2, 0) is 4.79 Å². The van der Waals surface area contributed by atoms with Gasteiger partial charge in [-0.3, -0.25) is 4.79 Å². The Morgan fingerprint density at radius 2 is 1.96 bits per heavy atom. The van der Waals surface area contributed by atoms with Gasteiger partial charge in [-0.15, -0.1) is 0 Å². The molecular weight excluding hydrogens is 393 g/mol. The van der Waals surface area contributed by atoms with Crippen molar-refractivity contribution in [3.8, 4) is 0 Å². The molecule has 0 aliphatic carbocycles. The first-order chi connectivity index (χ1) is 12.6. The summed E-state index contributed by atoms with van der Waals surface area (Å²) in [5, 5.41) is 2.19. The Bertz CT molecular complexity index is 1000. The molecule has 1 amide bonds. The second kappa shape index (κ2) is 6.84. The summed E-state index contributed by atoms with van der Waals surface area (Å²) >= 11 is 3.44. The van der Waals surface area contributed by atoms with E-state index >= 15 is 0 Å². The van der Waals surface area contributed by atoms with Crippen LogP contribution in [0.3, 0.4) is 0 Å². The van der Waals surface area contributed by atoms with Gasteiger partial charge in [-0.05, 0) is 52.6 Å². The Morgan fingerprint density at radius 3 is 2.77 bits per heavy atom. The molecule has 0 bridgehead atoms. The van der Waals surface area contributed by atoms with Gasteiger partial charge in [-0.25, -0.2) is 4.39 Å². The van der Waals surface area contributed by atoms with Gasteiger partial charge in [0, 0.05) is 29.0 Å². The first-order valence-electron chi connectivity index (χ1n) is 8.87. The van der Waals surface area contributed by atoms with Crippen molar-refractivity contribution in [2.45, 2.75) is 25.7 Å². The molecule has 2 nitrogen and oxygen atoms in total. The minimum atomic E-state index is -0.283. The fraction of sp³-hybridized carbons (Fsp3) is 0.227. The highest BCUT2D eigenvalue weighted by molar-refractivity contribution is 9.10. The van der Waals surface area contributed by atoms with E-state index in [1.54, 1.807) is 12.1 Å². The highest BCUT2D eigenvalue weighted by atomic mass is 79.9. The minimum absolute atomic E-state index is 0.0546. The molecule has 0 radical (unpaired) electrons. The smallest absolute Gasteiger partial charge is 0.227 e. The lowest BCUT2D eigenvalue weighted by atomic mass is 9.81. The number of halogens is 2. The summed E-state index contributed by atoms with van der Waals surface area (Å²) in [7, 11) is 0. The van der Waals surface area contributed by atoms with Gasteiger partial charge in [0.1, 0.15) is 5.82 Å². The van der Waals surface area contributed by atoms with E-state index < -0.39 is 0 Å². The molecule has 1 aliphatic rings. The van der Waals surface area contributed by atoms with Crippen molar-refractivity contribution >= 4 is 38.3 Å². The van der Waals surface area contributed by atoms with Gasteiger partial charge in [0.25, 0.3) is 0 Å². The van der Waals surface area contributed by atoms with E-state index in [1.807, 2.05) is 29.2 Å². The third kappa shape index (κ3) is 2.82. The van der Waals surface area contributed by atoms with E-state index in [-0.39, 0.29) is 24.1 Å². The quantitative estimate of drug-likeness (QED) is 0.515. The predicted octanol–water partition coefficient (Wildman–Crippen LogP) is 6.02. The van der Waals surface area contributed by atoms with Gasteiger partial charge >= 0.3 is 0 Å². The van der Waals surface area contributed by atoms with Gasteiger partial charge < -0.3 is 4.90 Å². The van der Waals surface area contributed by atoms with Crippen LogP contribution in [-0.4, -0.2) is 12.5 Å². The zero-order valence-corrected chi connectivity index (χ0v) is 16.1. The molecule has 4 heteroatoms. The molecule has 1 aliphatic heterocycles. The number of rotatable bonds is 3. The Hall–Kier alpha value is -2.20. The zero-order valence-electron chi connectivity index (χ0n) is 14.5. The Morgan fingerprint density at radius 1 is 1.15 bits per heavy atom. The van der Waals surface area contributed by atoms with Gasteiger partial charge in [0.05, 0.1) is 0 Å². The molecule has 0 N–H and O–H groups in total. The number of carbonyl (C=O) groups is 1. The molecule has 0 saturated carbocycles. The molecule has 0 aromatic heterocycles. The van der Waals surface area contributed by atoms with Crippen LogP contribution in [0.2, 0.25) is 0 Å². The number of hydrogen-bond donors (Lipinski definition) is 0. The van der Waals surface area contributed by atoms with E-state index in [9.17, 15) is 9.18 Å². The molecule has 0 spiro atoms. The summed E-state index contributed by atoms with van der Waals surface area (Å²) in [5.74, 6) is -0.498. The van der Waals surface area contributed by atoms with Crippen LogP contribution in [0, 0.1) is 5.82 Å². The highest BCUT2D eigenvalue weighted by Crippen LogP contribution is 2.45. The Labute approximate surface area is 160 Å². The maximum Gasteiger partial charge on any atom is 0.227 e. The second-order valence-electron chi connectivity index (χ2n) is 6.69. The van der Waals surface area contributed by atoms with Crippen LogP contribution in [0.1, 0.15) is 36.8 Å². The lowest BCUT2D eigenvalue weighted by Gasteiger charge is -2.35. The first-order valence-corrected chi connectivity index (χ1v) is 9.66. The fourth-order valence-electron chi connectivity index (χ4n) is 3.92. The van der Waals surface area contributed by atoms with Crippen molar-refractivity contribution < 1.29 is 9.18 Å². The zero-order chi connectivity index (χ0) is 18.3. The topological polar surface area (TPSA) is 20.3 Å². The molecular formula is C22H19BrFNO. The summed E-state index contributed by atoms with van der Waals surface area (Å²) < 4.78 is 15.5. The summed E-state index contributed by atoms with van der Waals surface area (Å²) in [6.45, 7) is 2.74. The van der Waals surface area contributed by atoms with Gasteiger partial charge in [0.2, 0.25) is 5.91 Å². The van der Waals surface area contributed by atoms with E-state index in [0.29, 0.717) is 12.1 Å². The molecule has 4 rings (SSSR count). The number of benzene rings is 3. The SMILES string of the molecule is CCCN1C(=O)CC(c2cc(Br)ccc2F)c2c1ccc1ccccc21. The third-order valence-electron chi connectivity index (χ3n) is 5.05. The Balaban J connectivity index is 2.01. The second-order valence-corrected chi connectivity index (χ2v) is 7.60. The summed E-state index contributed by atoms with van der Waals surface area (Å²) in [4.78, 5) is 14.7. The predicted molar refractivity (Wildman–Crippen MR) is 107 cm³/mol. The maximum atomic E-state index is 14.7. The van der Waals surface area contributed by atoms with Crippen molar-refractivity contribution in [3.63, 3.8) is 0 Å². The number of anilines is 1. The van der Waals surface area contributed by atoms with Gasteiger partial charge in [0.15, 0.2) is 0 Å². The average molecular weight is 412 g/mol. The monoisotopic (exact) mass is 411 g/mol. The van der Waals surface area contributed by atoms with Crippen LogP contribution in [0.5, 0.6) is 0 Å². The van der Waals surface area contributed by atoms with Crippen LogP contribution < -0.4 is 4.90 Å². The summed E-state index contributed by atoms with van der Waals surface area (Å²) in [6, 6.07) is 17.1. The van der Waals surface area contributed by atoms with E-state index in [2.05, 4.69) is 35.0 Å². The van der Waals surface area contributed by atoms with Gasteiger partial charge in [-0.2, -0.15) is 0 Å². The van der Waals surface area contributed by atoms with Crippen molar-refractivity contribution in [1.29, 1.82) is 0 Å². The summed E-state index contributed by atoms with van der Waals surface area (Å²) in [6.07, 6.45) is 1.17. The number of carbonyl (C=O) groups excluding carboxylic acids is 1. The molecule has 0 fully saturated rings. The van der Waals surface area contributed by atoms with E-state index in [1.165, 1.54) is 6.07 Å². The molecule has 3 aromatic carbocycles. The maximum absolute atomic E-state index is 14.7. The van der Waals surface area contributed by atoms with Crippen LogP contribution in [0.15, 0.2) is 59.1 Å². The minimum Gasteiger partial charge on any atom is -0.312 e. The highest BCUT2D eigenvalue weighted by Gasteiger charge is 2.34. The molecule has 132 valence electrons.